The molecule has 0 fully saturated rings. The van der Waals surface area contributed by atoms with Crippen LogP contribution >= 0.6 is 0 Å². The molecule has 0 heterocycles. The van der Waals surface area contributed by atoms with Gasteiger partial charge in [0.1, 0.15) is 0 Å². The van der Waals surface area contributed by atoms with Crippen molar-refractivity contribution in [3.63, 3.8) is 0 Å². The standard InChI is InChI=1S/C31H32/c1-22-13-5-9-17-26(22)21-30(27-18-10-6-14-23(27)2)31(28-19-11-7-15-24(28)3)29-20-12-8-16-25(29)4/h5-20,30-31H,21H2,1-4H3. The van der Waals surface area contributed by atoms with Crippen molar-refractivity contribution in [2.45, 2.75) is 46.0 Å². The summed E-state index contributed by atoms with van der Waals surface area (Å²) in [6.45, 7) is 9.00. The molecule has 0 N–H and O–H groups in total. The van der Waals surface area contributed by atoms with Crippen LogP contribution in [-0.4, -0.2) is 0 Å². The highest BCUT2D eigenvalue weighted by atomic mass is 14.3. The zero-order valence-corrected chi connectivity index (χ0v) is 19.1. The van der Waals surface area contributed by atoms with Gasteiger partial charge in [-0.05, 0) is 84.5 Å². The molecule has 0 bridgehead atoms. The quantitative estimate of drug-likeness (QED) is 0.305. The van der Waals surface area contributed by atoms with Crippen LogP contribution in [0.4, 0.5) is 0 Å². The van der Waals surface area contributed by atoms with Gasteiger partial charge in [0.2, 0.25) is 0 Å². The van der Waals surface area contributed by atoms with Gasteiger partial charge in [-0.2, -0.15) is 0 Å². The van der Waals surface area contributed by atoms with E-state index in [4.69, 9.17) is 0 Å². The van der Waals surface area contributed by atoms with Gasteiger partial charge in [0.25, 0.3) is 0 Å². The van der Waals surface area contributed by atoms with Crippen molar-refractivity contribution in [2.75, 3.05) is 0 Å². The second kappa shape index (κ2) is 9.35. The van der Waals surface area contributed by atoms with Crippen molar-refractivity contribution >= 4 is 0 Å². The fourth-order valence-electron chi connectivity index (χ4n) is 4.96. The lowest BCUT2D eigenvalue weighted by Gasteiger charge is -2.32. The zero-order chi connectivity index (χ0) is 21.8. The molecule has 0 radical (unpaired) electrons. The summed E-state index contributed by atoms with van der Waals surface area (Å²) in [5, 5.41) is 0. The van der Waals surface area contributed by atoms with E-state index in [0.29, 0.717) is 11.8 Å². The van der Waals surface area contributed by atoms with Gasteiger partial charge < -0.3 is 0 Å². The summed E-state index contributed by atoms with van der Waals surface area (Å²) < 4.78 is 0. The van der Waals surface area contributed by atoms with Crippen molar-refractivity contribution in [3.05, 3.63) is 142 Å². The van der Waals surface area contributed by atoms with Gasteiger partial charge in [-0.15, -0.1) is 0 Å². The Morgan fingerprint density at radius 3 is 1.29 bits per heavy atom. The topological polar surface area (TPSA) is 0 Å². The molecule has 156 valence electrons. The highest BCUT2D eigenvalue weighted by Gasteiger charge is 2.30. The molecule has 4 aromatic rings. The van der Waals surface area contributed by atoms with Gasteiger partial charge in [-0.1, -0.05) is 97.1 Å². The fourth-order valence-corrected chi connectivity index (χ4v) is 4.96. The van der Waals surface area contributed by atoms with Gasteiger partial charge in [0.15, 0.2) is 0 Å². The Labute approximate surface area is 187 Å². The average Bonchev–Trinajstić information content (AvgIpc) is 2.77. The van der Waals surface area contributed by atoms with Crippen molar-refractivity contribution < 1.29 is 0 Å². The molecule has 4 aromatic carbocycles. The highest BCUT2D eigenvalue weighted by molar-refractivity contribution is 5.47. The molecule has 0 nitrogen and oxygen atoms in total. The molecule has 31 heavy (non-hydrogen) atoms. The third-order valence-electron chi connectivity index (χ3n) is 6.74. The van der Waals surface area contributed by atoms with Crippen molar-refractivity contribution in [2.24, 2.45) is 0 Å². The Kier molecular flexibility index (Phi) is 6.37. The SMILES string of the molecule is Cc1ccccc1CC(c1ccccc1C)C(c1ccccc1C)c1ccccc1C. The molecule has 0 spiro atoms. The van der Waals surface area contributed by atoms with Gasteiger partial charge in [-0.3, -0.25) is 0 Å². The lowest BCUT2D eigenvalue weighted by Crippen LogP contribution is -2.19. The minimum Gasteiger partial charge on any atom is -0.0620 e. The number of benzene rings is 4. The van der Waals surface area contributed by atoms with Crippen LogP contribution in [0.5, 0.6) is 0 Å². The normalized spacial score (nSPS) is 12.2. The van der Waals surface area contributed by atoms with Crippen molar-refractivity contribution in [3.8, 4) is 0 Å². The molecule has 0 amide bonds. The number of rotatable bonds is 6. The summed E-state index contributed by atoms with van der Waals surface area (Å²) in [6, 6.07) is 35.6. The fraction of sp³-hybridized carbons (Fsp3) is 0.226. The highest BCUT2D eigenvalue weighted by Crippen LogP contribution is 2.44. The second-order valence-corrected chi connectivity index (χ2v) is 8.78. The van der Waals surface area contributed by atoms with Crippen LogP contribution < -0.4 is 0 Å². The van der Waals surface area contributed by atoms with E-state index in [2.05, 4.69) is 125 Å². The molecular weight excluding hydrogens is 372 g/mol. The Morgan fingerprint density at radius 2 is 0.839 bits per heavy atom. The first-order valence-corrected chi connectivity index (χ1v) is 11.3. The Hall–Kier alpha value is -3.12. The van der Waals surface area contributed by atoms with Gasteiger partial charge in [-0.25, -0.2) is 0 Å². The summed E-state index contributed by atoms with van der Waals surface area (Å²) in [5.74, 6) is 0.646. The molecule has 0 aromatic heterocycles. The van der Waals surface area contributed by atoms with Crippen LogP contribution in [0.3, 0.4) is 0 Å². The number of hydrogen-bond donors (Lipinski definition) is 0. The second-order valence-electron chi connectivity index (χ2n) is 8.78. The molecule has 1 atom stereocenters. The molecule has 0 aliphatic rings. The molecule has 0 saturated carbocycles. The summed E-state index contributed by atoms with van der Waals surface area (Å²) in [6.07, 6.45) is 1.02. The van der Waals surface area contributed by atoms with Gasteiger partial charge >= 0.3 is 0 Å². The van der Waals surface area contributed by atoms with E-state index in [9.17, 15) is 0 Å². The summed E-state index contributed by atoms with van der Waals surface area (Å²) in [7, 11) is 0. The van der Waals surface area contributed by atoms with Gasteiger partial charge in [0.05, 0.1) is 0 Å². The predicted molar refractivity (Wildman–Crippen MR) is 133 cm³/mol. The van der Waals surface area contributed by atoms with Gasteiger partial charge in [0, 0.05) is 5.92 Å². The first kappa shape index (κ1) is 21.1. The van der Waals surface area contributed by atoms with Crippen LogP contribution in [0.1, 0.15) is 56.3 Å². The molecule has 1 unspecified atom stereocenters. The maximum atomic E-state index is 2.34. The molecule has 0 aliphatic carbocycles. The van der Waals surface area contributed by atoms with E-state index in [1.54, 1.807) is 0 Å². The van der Waals surface area contributed by atoms with Crippen LogP contribution in [0.15, 0.2) is 97.1 Å². The maximum absolute atomic E-state index is 2.34. The largest absolute Gasteiger partial charge is 0.0620 e. The van der Waals surface area contributed by atoms with E-state index in [1.165, 1.54) is 44.5 Å². The number of hydrogen-bond acceptors (Lipinski definition) is 0. The molecule has 0 aliphatic heterocycles. The molecule has 0 heteroatoms. The molecule has 4 rings (SSSR count). The summed E-state index contributed by atoms with van der Waals surface area (Å²) in [4.78, 5) is 0. The lowest BCUT2D eigenvalue weighted by molar-refractivity contribution is 0.591. The van der Waals surface area contributed by atoms with Crippen LogP contribution in [0, 0.1) is 27.7 Å². The summed E-state index contributed by atoms with van der Waals surface area (Å²) in [5.41, 5.74) is 11.2. The van der Waals surface area contributed by atoms with Crippen LogP contribution in [-0.2, 0) is 6.42 Å². The molecular formula is C31H32. The summed E-state index contributed by atoms with van der Waals surface area (Å²) >= 11 is 0. The Balaban J connectivity index is 1.96. The average molecular weight is 405 g/mol. The predicted octanol–water partition coefficient (Wildman–Crippen LogP) is 8.08. The third-order valence-corrected chi connectivity index (χ3v) is 6.74. The van der Waals surface area contributed by atoms with E-state index in [-0.39, 0.29) is 0 Å². The minimum absolute atomic E-state index is 0.295. The third kappa shape index (κ3) is 4.49. The number of aryl methyl sites for hydroxylation is 4. The zero-order valence-electron chi connectivity index (χ0n) is 19.1. The van der Waals surface area contributed by atoms with Crippen LogP contribution in [0.2, 0.25) is 0 Å². The van der Waals surface area contributed by atoms with Crippen molar-refractivity contribution in [1.82, 2.24) is 0 Å². The maximum Gasteiger partial charge on any atom is 0.0167 e. The Morgan fingerprint density at radius 1 is 0.452 bits per heavy atom. The van der Waals surface area contributed by atoms with E-state index < -0.39 is 0 Å². The smallest absolute Gasteiger partial charge is 0.0167 e. The monoisotopic (exact) mass is 404 g/mol. The van der Waals surface area contributed by atoms with E-state index >= 15 is 0 Å². The Bertz CT molecular complexity index is 1120. The first-order valence-electron chi connectivity index (χ1n) is 11.3. The van der Waals surface area contributed by atoms with E-state index in [1.807, 2.05) is 0 Å². The first-order chi connectivity index (χ1) is 15.1. The van der Waals surface area contributed by atoms with Crippen LogP contribution in [0.25, 0.3) is 0 Å². The minimum atomic E-state index is 0.295. The lowest BCUT2D eigenvalue weighted by atomic mass is 9.71. The van der Waals surface area contributed by atoms with E-state index in [0.717, 1.165) is 6.42 Å². The molecule has 0 saturated heterocycles. The van der Waals surface area contributed by atoms with Crippen molar-refractivity contribution in [1.29, 1.82) is 0 Å².